The Morgan fingerprint density at radius 3 is 2.04 bits per heavy atom. The van der Waals surface area contributed by atoms with Gasteiger partial charge in [-0.15, -0.1) is 0 Å². The number of hydrogen-bond acceptors (Lipinski definition) is 1. The van der Waals surface area contributed by atoms with E-state index in [1.54, 1.807) is 0 Å². The molecule has 0 unspecified atom stereocenters. The van der Waals surface area contributed by atoms with Crippen LogP contribution < -0.4 is 5.32 Å². The van der Waals surface area contributed by atoms with Crippen LogP contribution in [0.15, 0.2) is 27.2 Å². The predicted molar refractivity (Wildman–Crippen MR) is 100 cm³/mol. The minimum atomic E-state index is -0.0648. The number of halogens is 2. The second-order valence-electron chi connectivity index (χ2n) is 5.00. The summed E-state index contributed by atoms with van der Waals surface area (Å²) < 4.78 is 1.82. The molecule has 1 aliphatic heterocycles. The molecule has 2 saturated carbocycles. The molecular weight excluding hydrogens is 474 g/mol. The molecule has 1 aromatic rings. The van der Waals surface area contributed by atoms with Gasteiger partial charge < -0.3 is 5.32 Å². The Morgan fingerprint density at radius 2 is 1.46 bits per heavy atom. The topological polar surface area (TPSA) is 29.1 Å². The van der Waals surface area contributed by atoms with Crippen molar-refractivity contribution < 1.29 is 21.9 Å². The summed E-state index contributed by atoms with van der Waals surface area (Å²) in [6, 6.07) is 3.87. The molecule has 10 radical (unpaired) electrons. The molecule has 5 heteroatoms. The van der Waals surface area contributed by atoms with Gasteiger partial charge in [0.1, 0.15) is 0 Å². The Bertz CT molecular complexity index is 612. The predicted octanol–water partition coefficient (Wildman–Crippen LogP) is 4.97. The van der Waals surface area contributed by atoms with Crippen LogP contribution in [0.25, 0.3) is 5.57 Å². The number of benzene rings is 1. The van der Waals surface area contributed by atoms with Gasteiger partial charge in [0, 0.05) is 26.0 Å². The van der Waals surface area contributed by atoms with E-state index in [0.717, 1.165) is 26.1 Å². The zero-order chi connectivity index (χ0) is 16.2. The van der Waals surface area contributed by atoms with E-state index in [1.165, 1.54) is 0 Å². The number of rotatable bonds is 1. The van der Waals surface area contributed by atoms with Crippen molar-refractivity contribution >= 4 is 49.0 Å². The first-order valence-corrected chi connectivity index (χ1v) is 8.64. The first-order chi connectivity index (χ1) is 11.1. The minimum Gasteiger partial charge on any atom is -0.320 e. The number of amides is 1. The van der Waals surface area contributed by atoms with Crippen molar-refractivity contribution in [3.63, 3.8) is 0 Å². The summed E-state index contributed by atoms with van der Waals surface area (Å²) in [6.07, 6.45) is 19.8. The van der Waals surface area contributed by atoms with E-state index in [2.05, 4.69) is 37.2 Å². The van der Waals surface area contributed by atoms with Gasteiger partial charge in [-0.25, -0.2) is 0 Å². The second-order valence-corrected chi connectivity index (χ2v) is 6.77. The summed E-state index contributed by atoms with van der Waals surface area (Å²) in [5, 5.41) is 2.88. The molecular formula is C19H13Br2FeNO+2. The summed E-state index contributed by atoms with van der Waals surface area (Å²) in [5.74, 6) is 0.967. The van der Waals surface area contributed by atoms with Gasteiger partial charge in [0.15, 0.2) is 0 Å². The van der Waals surface area contributed by atoms with Crippen LogP contribution in [-0.4, -0.2) is 5.91 Å². The van der Waals surface area contributed by atoms with Crippen LogP contribution in [0.3, 0.4) is 0 Å². The van der Waals surface area contributed by atoms with Gasteiger partial charge in [-0.3, -0.25) is 4.79 Å². The van der Waals surface area contributed by atoms with Crippen molar-refractivity contribution in [2.24, 2.45) is 0 Å². The third-order valence-corrected chi connectivity index (χ3v) is 4.47. The summed E-state index contributed by atoms with van der Waals surface area (Å²) in [4.78, 5) is 12.0. The van der Waals surface area contributed by atoms with E-state index in [1.807, 2.05) is 76.0 Å². The third-order valence-electron chi connectivity index (χ3n) is 3.38. The average Bonchev–Trinajstić information content (AvgIpc) is 3.26. The fraction of sp³-hybridized carbons (Fsp3) is 0. The molecule has 2 nitrogen and oxygen atoms in total. The maximum atomic E-state index is 12.0. The quantitative estimate of drug-likeness (QED) is 0.440. The maximum absolute atomic E-state index is 12.0. The van der Waals surface area contributed by atoms with Crippen molar-refractivity contribution in [3.8, 4) is 0 Å². The monoisotopic (exact) mass is 485 g/mol. The van der Waals surface area contributed by atoms with Crippen molar-refractivity contribution in [1.29, 1.82) is 0 Å². The molecule has 3 aliphatic rings. The molecule has 2 aliphatic carbocycles. The Labute approximate surface area is 172 Å². The summed E-state index contributed by atoms with van der Waals surface area (Å²) >= 11 is 6.90. The molecule has 0 aromatic heterocycles. The van der Waals surface area contributed by atoms with Crippen LogP contribution in [0, 0.1) is 63.7 Å². The number of carbonyl (C=O) groups excluding carboxylic acids is 1. The first kappa shape index (κ1) is 20.2. The molecule has 1 aromatic carbocycles. The van der Waals surface area contributed by atoms with Crippen LogP contribution >= 0.6 is 31.9 Å². The van der Waals surface area contributed by atoms with E-state index in [0.29, 0.717) is 5.57 Å². The van der Waals surface area contributed by atoms with Crippen LogP contribution in [0.1, 0.15) is 5.56 Å². The maximum Gasteiger partial charge on any atom is 2.00 e. The number of nitrogens with one attached hydrogen (secondary N) is 1. The van der Waals surface area contributed by atoms with Gasteiger partial charge in [0.25, 0.3) is 5.91 Å². The molecule has 4 rings (SSSR count). The first-order valence-electron chi connectivity index (χ1n) is 7.06. The van der Waals surface area contributed by atoms with E-state index < -0.39 is 0 Å². The van der Waals surface area contributed by atoms with Crippen molar-refractivity contribution in [1.82, 2.24) is 0 Å². The van der Waals surface area contributed by atoms with Gasteiger partial charge in [-0.1, -0.05) is 22.0 Å². The molecule has 1 amide bonds. The van der Waals surface area contributed by atoms with Crippen LogP contribution in [0.4, 0.5) is 5.69 Å². The van der Waals surface area contributed by atoms with Gasteiger partial charge in [-0.2, -0.15) is 0 Å². The summed E-state index contributed by atoms with van der Waals surface area (Å²) in [5.41, 5.74) is 2.45. The smallest absolute Gasteiger partial charge is 0.320 e. The number of fused-ring (bicyclic) bond motifs is 1. The van der Waals surface area contributed by atoms with E-state index in [-0.39, 0.29) is 23.0 Å². The normalized spacial score (nSPS) is 21.1. The van der Waals surface area contributed by atoms with Crippen LogP contribution in [0.2, 0.25) is 0 Å². The Balaban J connectivity index is 0.000000300. The van der Waals surface area contributed by atoms with Crippen molar-refractivity contribution in [2.75, 3.05) is 5.32 Å². The minimum absolute atomic E-state index is 0. The van der Waals surface area contributed by atoms with E-state index in [9.17, 15) is 4.79 Å². The molecule has 0 bridgehead atoms. The molecule has 2 fully saturated rings. The number of hydrogen-bond donors (Lipinski definition) is 1. The van der Waals surface area contributed by atoms with Crippen LogP contribution in [0.5, 0.6) is 0 Å². The fourth-order valence-electron chi connectivity index (χ4n) is 2.33. The summed E-state index contributed by atoms with van der Waals surface area (Å²) in [7, 11) is 0. The average molecular weight is 487 g/mol. The van der Waals surface area contributed by atoms with Crippen molar-refractivity contribution in [2.45, 2.75) is 0 Å². The molecule has 0 spiro atoms. The summed E-state index contributed by atoms with van der Waals surface area (Å²) in [6.45, 7) is 0. The van der Waals surface area contributed by atoms with Gasteiger partial charge in [0.2, 0.25) is 0 Å². The number of carbonyl (C=O) groups is 1. The van der Waals surface area contributed by atoms with Crippen molar-refractivity contribution in [3.05, 3.63) is 96.4 Å². The molecule has 24 heavy (non-hydrogen) atoms. The van der Waals surface area contributed by atoms with E-state index >= 15 is 0 Å². The Hall–Kier alpha value is -0.0905. The molecule has 0 atom stereocenters. The molecule has 0 saturated heterocycles. The Kier molecular flexibility index (Phi) is 8.06. The van der Waals surface area contributed by atoms with Gasteiger partial charge in [0.05, 0.1) is 5.69 Å². The largest absolute Gasteiger partial charge is 2.00 e. The molecule has 1 heterocycles. The second kappa shape index (κ2) is 9.56. The zero-order valence-corrected chi connectivity index (χ0v) is 16.7. The Morgan fingerprint density at radius 1 is 0.875 bits per heavy atom. The number of anilines is 1. The zero-order valence-electron chi connectivity index (χ0n) is 12.4. The SMILES string of the molecule is O=C1Nc2c(Br)cc(Br)cc2/C1=C\[C]1[CH][CH][CH][CH]1.[CH]1[CH][CH][CH][CH]1.[Fe+2]. The van der Waals surface area contributed by atoms with Gasteiger partial charge in [-0.05, 0) is 85.9 Å². The number of allylic oxidation sites excluding steroid dienone is 1. The third kappa shape index (κ3) is 4.97. The van der Waals surface area contributed by atoms with E-state index in [4.69, 9.17) is 0 Å². The fourth-order valence-corrected chi connectivity index (χ4v) is 3.66. The standard InChI is InChI=1S/C14H8Br2NO.C5H5.Fe/c15-9-6-10-11(5-8-3-1-2-4-8)14(18)17-13(10)12(16)7-9;1-2-4-5-3-1;/h1-7H,(H,17,18);1-5H;/q;;+2/b11-5+;;. The molecule has 120 valence electrons. The van der Waals surface area contributed by atoms with Crippen LogP contribution in [-0.2, 0) is 21.9 Å². The molecule has 1 N–H and O–H groups in total. The van der Waals surface area contributed by atoms with Gasteiger partial charge >= 0.3 is 17.1 Å².